The van der Waals surface area contributed by atoms with Crippen LogP contribution in [0.5, 0.6) is 0 Å². The lowest BCUT2D eigenvalue weighted by Gasteiger charge is -2.34. The van der Waals surface area contributed by atoms with Crippen LogP contribution in [-0.2, 0) is 9.53 Å². The molecule has 0 spiro atoms. The van der Waals surface area contributed by atoms with E-state index in [0.717, 1.165) is 32.7 Å². The fourth-order valence-electron chi connectivity index (χ4n) is 2.61. The molecule has 5 nitrogen and oxygen atoms in total. The minimum atomic E-state index is -0.376. The van der Waals surface area contributed by atoms with E-state index in [9.17, 15) is 4.79 Å². The minimum Gasteiger partial charge on any atom is -0.374 e. The maximum Gasteiger partial charge on any atom is 0.243 e. The van der Waals surface area contributed by atoms with Gasteiger partial charge in [-0.1, -0.05) is 13.8 Å². The first-order chi connectivity index (χ1) is 8.59. The predicted octanol–water partition coefficient (Wildman–Crippen LogP) is 0.265. The number of carbonyl (C=O) groups is 1. The molecule has 5 heteroatoms. The lowest BCUT2D eigenvalue weighted by molar-refractivity contribution is -0.134. The van der Waals surface area contributed by atoms with E-state index in [4.69, 9.17) is 4.74 Å². The summed E-state index contributed by atoms with van der Waals surface area (Å²) >= 11 is 0. The molecular formula is C13H25N3O2. The van der Waals surface area contributed by atoms with Gasteiger partial charge in [0.05, 0.1) is 24.9 Å². The van der Waals surface area contributed by atoms with Crippen molar-refractivity contribution < 1.29 is 9.53 Å². The molecule has 0 aliphatic carbocycles. The molecule has 2 rings (SSSR count). The Morgan fingerprint density at radius 2 is 2.28 bits per heavy atom. The Labute approximate surface area is 109 Å². The van der Waals surface area contributed by atoms with Gasteiger partial charge in [-0.3, -0.25) is 15.0 Å². The molecule has 0 saturated carbocycles. The number of amides is 1. The monoisotopic (exact) mass is 255 g/mol. The molecule has 1 amide bonds. The van der Waals surface area contributed by atoms with E-state index in [0.29, 0.717) is 13.2 Å². The summed E-state index contributed by atoms with van der Waals surface area (Å²) in [5, 5.41) is 3.30. The van der Waals surface area contributed by atoms with Crippen molar-refractivity contribution in [2.45, 2.75) is 38.8 Å². The summed E-state index contributed by atoms with van der Waals surface area (Å²) in [4.78, 5) is 16.5. The van der Waals surface area contributed by atoms with E-state index in [2.05, 4.69) is 17.1 Å². The SMILES string of the molecule is CCN1CCOC(CN2CNC(C)(CC)C2=O)C1. The van der Waals surface area contributed by atoms with Gasteiger partial charge in [0, 0.05) is 19.6 Å². The summed E-state index contributed by atoms with van der Waals surface area (Å²) in [7, 11) is 0. The molecule has 0 aromatic heterocycles. The number of hydrogen-bond acceptors (Lipinski definition) is 4. The summed E-state index contributed by atoms with van der Waals surface area (Å²) in [5.74, 6) is 0.210. The number of hydrogen-bond donors (Lipinski definition) is 1. The molecule has 104 valence electrons. The first-order valence-corrected chi connectivity index (χ1v) is 6.97. The van der Waals surface area contributed by atoms with Crippen molar-refractivity contribution in [3.05, 3.63) is 0 Å². The highest BCUT2D eigenvalue weighted by molar-refractivity contribution is 5.87. The topological polar surface area (TPSA) is 44.8 Å². The molecule has 2 aliphatic rings. The fourth-order valence-corrected chi connectivity index (χ4v) is 2.61. The zero-order valence-electron chi connectivity index (χ0n) is 11.7. The van der Waals surface area contributed by atoms with Gasteiger partial charge in [0.25, 0.3) is 0 Å². The number of likely N-dealkylation sites (N-methyl/N-ethyl adjacent to an activating group) is 1. The van der Waals surface area contributed by atoms with Gasteiger partial charge >= 0.3 is 0 Å². The van der Waals surface area contributed by atoms with Crippen LogP contribution in [0.2, 0.25) is 0 Å². The largest absolute Gasteiger partial charge is 0.374 e. The van der Waals surface area contributed by atoms with Crippen molar-refractivity contribution in [3.8, 4) is 0 Å². The molecule has 2 saturated heterocycles. The van der Waals surface area contributed by atoms with E-state index >= 15 is 0 Å². The van der Waals surface area contributed by atoms with Gasteiger partial charge in [0.15, 0.2) is 0 Å². The van der Waals surface area contributed by atoms with Crippen molar-refractivity contribution in [2.75, 3.05) is 39.5 Å². The normalized spacial score (nSPS) is 34.3. The quantitative estimate of drug-likeness (QED) is 0.783. The van der Waals surface area contributed by atoms with Crippen LogP contribution in [0.25, 0.3) is 0 Å². The van der Waals surface area contributed by atoms with Gasteiger partial charge < -0.3 is 9.64 Å². The van der Waals surface area contributed by atoms with Crippen molar-refractivity contribution >= 4 is 5.91 Å². The zero-order valence-corrected chi connectivity index (χ0v) is 11.7. The molecule has 0 radical (unpaired) electrons. The Kier molecular flexibility index (Phi) is 4.25. The van der Waals surface area contributed by atoms with Gasteiger partial charge in [-0.25, -0.2) is 0 Å². The Morgan fingerprint density at radius 3 is 2.89 bits per heavy atom. The third kappa shape index (κ3) is 2.68. The van der Waals surface area contributed by atoms with Crippen LogP contribution in [0.4, 0.5) is 0 Å². The summed E-state index contributed by atoms with van der Waals surface area (Å²) in [6, 6.07) is 0. The Bertz CT molecular complexity index is 311. The fraction of sp³-hybridized carbons (Fsp3) is 0.923. The molecular weight excluding hydrogens is 230 g/mol. The highest BCUT2D eigenvalue weighted by Crippen LogP contribution is 2.20. The number of nitrogens with zero attached hydrogens (tertiary/aromatic N) is 2. The van der Waals surface area contributed by atoms with Crippen molar-refractivity contribution in [1.82, 2.24) is 15.1 Å². The molecule has 0 aromatic rings. The molecule has 1 N–H and O–H groups in total. The van der Waals surface area contributed by atoms with Crippen molar-refractivity contribution in [3.63, 3.8) is 0 Å². The second kappa shape index (κ2) is 5.55. The number of morpholine rings is 1. The molecule has 2 fully saturated rings. The molecule has 2 unspecified atom stereocenters. The Morgan fingerprint density at radius 1 is 1.50 bits per heavy atom. The predicted molar refractivity (Wildman–Crippen MR) is 70.3 cm³/mol. The number of rotatable bonds is 4. The number of nitrogens with one attached hydrogen (secondary N) is 1. The molecule has 2 heterocycles. The maximum absolute atomic E-state index is 12.3. The third-order valence-electron chi connectivity index (χ3n) is 4.22. The number of ether oxygens (including phenoxy) is 1. The average Bonchev–Trinajstić information content (AvgIpc) is 2.68. The van der Waals surface area contributed by atoms with Crippen LogP contribution < -0.4 is 5.32 Å². The van der Waals surface area contributed by atoms with Gasteiger partial charge in [0.2, 0.25) is 5.91 Å². The van der Waals surface area contributed by atoms with Gasteiger partial charge in [-0.05, 0) is 19.9 Å². The van der Waals surface area contributed by atoms with Crippen LogP contribution in [0.3, 0.4) is 0 Å². The Hall–Kier alpha value is -0.650. The van der Waals surface area contributed by atoms with Crippen LogP contribution in [-0.4, -0.2) is 66.8 Å². The van der Waals surface area contributed by atoms with Gasteiger partial charge in [-0.2, -0.15) is 0 Å². The first-order valence-electron chi connectivity index (χ1n) is 6.97. The van der Waals surface area contributed by atoms with Gasteiger partial charge in [0.1, 0.15) is 0 Å². The number of carbonyl (C=O) groups excluding carboxylic acids is 1. The summed E-state index contributed by atoms with van der Waals surface area (Å²) in [5.41, 5.74) is -0.376. The average molecular weight is 255 g/mol. The van der Waals surface area contributed by atoms with Crippen molar-refractivity contribution in [1.29, 1.82) is 0 Å². The van der Waals surface area contributed by atoms with E-state index in [1.807, 2.05) is 18.7 Å². The van der Waals surface area contributed by atoms with E-state index < -0.39 is 0 Å². The molecule has 2 aliphatic heterocycles. The molecule has 0 aromatic carbocycles. The lowest BCUT2D eigenvalue weighted by atomic mass is 9.99. The molecule has 2 atom stereocenters. The zero-order chi connectivity index (χ0) is 13.2. The summed E-state index contributed by atoms with van der Waals surface area (Å²) in [6.07, 6.45) is 0.984. The maximum atomic E-state index is 12.3. The van der Waals surface area contributed by atoms with Crippen LogP contribution in [0.15, 0.2) is 0 Å². The minimum absolute atomic E-state index is 0.156. The highest BCUT2D eigenvalue weighted by atomic mass is 16.5. The van der Waals surface area contributed by atoms with Gasteiger partial charge in [-0.15, -0.1) is 0 Å². The second-order valence-corrected chi connectivity index (χ2v) is 5.43. The molecule has 0 bridgehead atoms. The van der Waals surface area contributed by atoms with Crippen LogP contribution in [0.1, 0.15) is 27.2 Å². The lowest BCUT2D eigenvalue weighted by Crippen LogP contribution is -2.49. The molecule has 18 heavy (non-hydrogen) atoms. The van der Waals surface area contributed by atoms with E-state index in [-0.39, 0.29) is 17.6 Å². The van der Waals surface area contributed by atoms with Crippen LogP contribution in [0, 0.1) is 0 Å². The highest BCUT2D eigenvalue weighted by Gasteiger charge is 2.41. The first kappa shape index (κ1) is 13.8. The van der Waals surface area contributed by atoms with Crippen molar-refractivity contribution in [2.24, 2.45) is 0 Å². The van der Waals surface area contributed by atoms with Crippen LogP contribution >= 0.6 is 0 Å². The third-order valence-corrected chi connectivity index (χ3v) is 4.22. The Balaban J connectivity index is 1.89. The van der Waals surface area contributed by atoms with E-state index in [1.54, 1.807) is 0 Å². The summed E-state index contributed by atoms with van der Waals surface area (Å²) < 4.78 is 5.76. The summed E-state index contributed by atoms with van der Waals surface area (Å²) in [6.45, 7) is 11.3. The standard InChI is InChI=1S/C13H25N3O2/c1-4-13(3)12(17)16(10-14-13)9-11-8-15(5-2)6-7-18-11/h11,14H,4-10H2,1-3H3. The van der Waals surface area contributed by atoms with E-state index in [1.165, 1.54) is 0 Å². The second-order valence-electron chi connectivity index (χ2n) is 5.43. The smallest absolute Gasteiger partial charge is 0.243 e.